The second-order valence-electron chi connectivity index (χ2n) is 8.22. The fourth-order valence-electron chi connectivity index (χ4n) is 3.70. The summed E-state index contributed by atoms with van der Waals surface area (Å²) in [5.74, 6) is 0.353. The molecule has 2 heterocycles. The Kier molecular flexibility index (Phi) is 7.60. The molecule has 4 rings (SSSR count). The van der Waals surface area contributed by atoms with E-state index in [1.165, 1.54) is 28.0 Å². The molecule has 0 atom stereocenters. The van der Waals surface area contributed by atoms with Gasteiger partial charge in [-0.2, -0.15) is 5.26 Å². The molecule has 35 heavy (non-hydrogen) atoms. The maximum absolute atomic E-state index is 13.7. The molecule has 0 aliphatic carbocycles. The number of aromatic nitrogens is 2. The Morgan fingerprint density at radius 3 is 2.60 bits per heavy atom. The highest BCUT2D eigenvalue weighted by Gasteiger charge is 2.23. The first-order chi connectivity index (χ1) is 16.8. The molecule has 178 valence electrons. The van der Waals surface area contributed by atoms with Crippen LogP contribution in [-0.4, -0.2) is 34.5 Å². The van der Waals surface area contributed by atoms with Gasteiger partial charge in [0.25, 0.3) is 11.5 Å². The van der Waals surface area contributed by atoms with Gasteiger partial charge in [-0.1, -0.05) is 53.7 Å². The molecule has 9 heteroatoms. The first kappa shape index (κ1) is 25.0. The number of carbonyl (C=O) groups excluding carboxylic acids is 1. The van der Waals surface area contributed by atoms with E-state index in [9.17, 15) is 14.9 Å². The van der Waals surface area contributed by atoms with Crippen LogP contribution in [0.3, 0.4) is 0 Å². The smallest absolute Gasteiger partial charge is 0.263 e. The molecular weight excluding hydrogens is 500 g/mol. The predicted molar refractivity (Wildman–Crippen MR) is 143 cm³/mol. The highest BCUT2D eigenvalue weighted by atomic mass is 35.5. The lowest BCUT2D eigenvalue weighted by Gasteiger charge is -2.13. The molecule has 0 saturated carbocycles. The summed E-state index contributed by atoms with van der Waals surface area (Å²) < 4.78 is 1.68. The van der Waals surface area contributed by atoms with E-state index in [1.54, 1.807) is 31.7 Å². The van der Waals surface area contributed by atoms with Gasteiger partial charge in [-0.3, -0.25) is 14.2 Å². The summed E-state index contributed by atoms with van der Waals surface area (Å²) in [7, 11) is 3.38. The predicted octanol–water partition coefficient (Wildman–Crippen LogP) is 5.53. The third kappa shape index (κ3) is 5.27. The summed E-state index contributed by atoms with van der Waals surface area (Å²) in [5.41, 5.74) is 3.03. The van der Waals surface area contributed by atoms with Gasteiger partial charge in [-0.05, 0) is 48.2 Å². The van der Waals surface area contributed by atoms with Gasteiger partial charge in [0.05, 0.1) is 21.9 Å². The van der Waals surface area contributed by atoms with E-state index >= 15 is 0 Å². The van der Waals surface area contributed by atoms with Gasteiger partial charge < -0.3 is 4.90 Å². The zero-order valence-electron chi connectivity index (χ0n) is 19.5. The number of nitrogens with zero attached hydrogens (tertiary/aromatic N) is 4. The van der Waals surface area contributed by atoms with Crippen LogP contribution in [0, 0.1) is 18.3 Å². The fraction of sp³-hybridized carbons (Fsp3) is 0.231. The summed E-state index contributed by atoms with van der Waals surface area (Å²) in [5, 5.41) is 11.2. The standard InChI is InChI=1S/C26H23ClN4O2S2/c1-16-21-23(35-22(16)25(33)30(2)3)29-26(34-15-19-7-5-4-6-18(19)14-28)31(24(21)32)13-12-17-8-10-20(27)11-9-17/h4-11H,12-13,15H2,1-3H3. The van der Waals surface area contributed by atoms with Gasteiger partial charge in [0.1, 0.15) is 4.83 Å². The number of hydrogen-bond acceptors (Lipinski definition) is 6. The maximum Gasteiger partial charge on any atom is 0.263 e. The Hall–Kier alpha value is -3.12. The van der Waals surface area contributed by atoms with Crippen LogP contribution in [0.15, 0.2) is 58.5 Å². The SMILES string of the molecule is Cc1c(C(=O)N(C)C)sc2nc(SCc3ccccc3C#N)n(CCc3ccc(Cl)cc3)c(=O)c12. The lowest BCUT2D eigenvalue weighted by atomic mass is 10.1. The summed E-state index contributed by atoms with van der Waals surface area (Å²) in [4.78, 5) is 33.8. The minimum absolute atomic E-state index is 0.144. The average Bonchev–Trinajstić information content (AvgIpc) is 3.19. The molecule has 0 fully saturated rings. The average molecular weight is 523 g/mol. The number of fused-ring (bicyclic) bond motifs is 1. The second-order valence-corrected chi connectivity index (χ2v) is 10.6. The van der Waals surface area contributed by atoms with Crippen LogP contribution in [0.1, 0.15) is 31.9 Å². The Bertz CT molecular complexity index is 1500. The van der Waals surface area contributed by atoms with Crippen molar-refractivity contribution >= 4 is 50.8 Å². The normalized spacial score (nSPS) is 10.9. The van der Waals surface area contributed by atoms with Gasteiger partial charge in [0, 0.05) is 31.4 Å². The largest absolute Gasteiger partial charge is 0.344 e. The zero-order chi connectivity index (χ0) is 25.1. The van der Waals surface area contributed by atoms with Gasteiger partial charge in [0.15, 0.2) is 5.16 Å². The number of thiophene rings is 1. The molecule has 2 aromatic heterocycles. The number of halogens is 1. The maximum atomic E-state index is 13.7. The number of nitriles is 1. The van der Waals surface area contributed by atoms with Crippen molar-refractivity contribution in [3.63, 3.8) is 0 Å². The molecule has 4 aromatic rings. The quantitative estimate of drug-likeness (QED) is 0.235. The number of thioether (sulfide) groups is 1. The lowest BCUT2D eigenvalue weighted by molar-refractivity contribution is 0.0831. The lowest BCUT2D eigenvalue weighted by Crippen LogP contribution is -2.25. The van der Waals surface area contributed by atoms with Crippen molar-refractivity contribution in [2.24, 2.45) is 0 Å². The topological polar surface area (TPSA) is 79.0 Å². The van der Waals surface area contributed by atoms with Crippen LogP contribution in [0.5, 0.6) is 0 Å². The summed E-state index contributed by atoms with van der Waals surface area (Å²) in [6.07, 6.45) is 0.624. The van der Waals surface area contributed by atoms with Gasteiger partial charge >= 0.3 is 0 Å². The van der Waals surface area contributed by atoms with E-state index in [4.69, 9.17) is 16.6 Å². The van der Waals surface area contributed by atoms with E-state index in [0.29, 0.717) is 55.1 Å². The first-order valence-electron chi connectivity index (χ1n) is 10.9. The van der Waals surface area contributed by atoms with E-state index in [0.717, 1.165) is 11.1 Å². The van der Waals surface area contributed by atoms with Crippen molar-refractivity contribution < 1.29 is 4.79 Å². The minimum atomic E-state index is -0.161. The van der Waals surface area contributed by atoms with Gasteiger partial charge in [-0.15, -0.1) is 11.3 Å². The van der Waals surface area contributed by atoms with Crippen molar-refractivity contribution in [3.8, 4) is 6.07 Å². The Morgan fingerprint density at radius 1 is 1.20 bits per heavy atom. The number of amides is 1. The third-order valence-electron chi connectivity index (χ3n) is 5.65. The fourth-order valence-corrected chi connectivity index (χ4v) is 6.10. The van der Waals surface area contributed by atoms with E-state index < -0.39 is 0 Å². The van der Waals surface area contributed by atoms with Crippen molar-refractivity contribution in [3.05, 3.63) is 91.0 Å². The third-order valence-corrected chi connectivity index (χ3v) is 8.10. The monoisotopic (exact) mass is 522 g/mol. The Morgan fingerprint density at radius 2 is 1.91 bits per heavy atom. The van der Waals surface area contributed by atoms with E-state index in [-0.39, 0.29) is 11.5 Å². The van der Waals surface area contributed by atoms with Crippen molar-refractivity contribution in [1.29, 1.82) is 5.26 Å². The van der Waals surface area contributed by atoms with Gasteiger partial charge in [0.2, 0.25) is 0 Å². The number of carbonyl (C=O) groups is 1. The molecule has 6 nitrogen and oxygen atoms in total. The molecule has 0 unspecified atom stereocenters. The number of benzene rings is 2. The van der Waals surface area contributed by atoms with Gasteiger partial charge in [-0.25, -0.2) is 4.98 Å². The molecule has 1 amide bonds. The molecule has 0 bridgehead atoms. The van der Waals surface area contributed by atoms with Crippen LogP contribution >= 0.6 is 34.7 Å². The molecule has 0 saturated heterocycles. The van der Waals surface area contributed by atoms with Crippen LogP contribution in [0.2, 0.25) is 5.02 Å². The molecule has 2 aromatic carbocycles. The second kappa shape index (κ2) is 10.6. The van der Waals surface area contributed by atoms with Crippen LogP contribution < -0.4 is 5.56 Å². The minimum Gasteiger partial charge on any atom is -0.344 e. The summed E-state index contributed by atoms with van der Waals surface area (Å²) in [6.45, 7) is 2.23. The van der Waals surface area contributed by atoms with Crippen molar-refractivity contribution in [2.75, 3.05) is 14.1 Å². The number of hydrogen-bond donors (Lipinski definition) is 0. The Labute approximate surface area is 216 Å². The van der Waals surface area contributed by atoms with E-state index in [2.05, 4.69) is 6.07 Å². The molecular formula is C26H23ClN4O2S2. The van der Waals surface area contributed by atoms with E-state index in [1.807, 2.05) is 42.5 Å². The molecule has 0 aliphatic heterocycles. The number of aryl methyl sites for hydroxylation is 2. The van der Waals surface area contributed by atoms with Crippen LogP contribution in [0.4, 0.5) is 0 Å². The van der Waals surface area contributed by atoms with Crippen molar-refractivity contribution in [1.82, 2.24) is 14.5 Å². The number of rotatable bonds is 7. The molecule has 0 aliphatic rings. The summed E-state index contributed by atoms with van der Waals surface area (Å²) in [6, 6.07) is 17.2. The first-order valence-corrected chi connectivity index (χ1v) is 13.1. The zero-order valence-corrected chi connectivity index (χ0v) is 21.9. The molecule has 0 spiro atoms. The molecule has 0 radical (unpaired) electrons. The van der Waals surface area contributed by atoms with Crippen LogP contribution in [-0.2, 0) is 18.7 Å². The highest BCUT2D eigenvalue weighted by molar-refractivity contribution is 7.98. The summed E-state index contributed by atoms with van der Waals surface area (Å²) >= 11 is 8.68. The Balaban J connectivity index is 1.77. The van der Waals surface area contributed by atoms with Crippen LogP contribution in [0.25, 0.3) is 10.2 Å². The van der Waals surface area contributed by atoms with Crippen molar-refractivity contribution in [2.45, 2.75) is 30.8 Å². The highest BCUT2D eigenvalue weighted by Crippen LogP contribution is 2.31. The molecule has 0 N–H and O–H groups in total.